The van der Waals surface area contributed by atoms with Crippen molar-refractivity contribution in [2.45, 2.75) is 70.4 Å². The summed E-state index contributed by atoms with van der Waals surface area (Å²) in [5.41, 5.74) is 0. The van der Waals surface area contributed by atoms with Crippen molar-refractivity contribution in [1.29, 1.82) is 0 Å². The van der Waals surface area contributed by atoms with Crippen LogP contribution in [0.5, 0.6) is 0 Å². The first-order valence-electron chi connectivity index (χ1n) is 7.80. The van der Waals surface area contributed by atoms with Crippen molar-refractivity contribution in [2.75, 3.05) is 12.3 Å². The molecule has 1 heterocycles. The van der Waals surface area contributed by atoms with Gasteiger partial charge in [0.1, 0.15) is 0 Å². The summed E-state index contributed by atoms with van der Waals surface area (Å²) in [5, 5.41) is 3.41. The molecule has 2 fully saturated rings. The average Bonchev–Trinajstić information content (AvgIpc) is 2.40. The second-order valence-corrected chi connectivity index (χ2v) is 8.11. The maximum Gasteiger partial charge on any atom is 0.211 e. The zero-order chi connectivity index (χ0) is 13.7. The molecule has 2 rings (SSSR count). The van der Waals surface area contributed by atoms with Crippen LogP contribution in [0.3, 0.4) is 0 Å². The zero-order valence-corrected chi connectivity index (χ0v) is 12.8. The minimum atomic E-state index is -3.10. The molecular weight excluding hydrogens is 260 g/mol. The van der Waals surface area contributed by atoms with Gasteiger partial charge in [-0.2, -0.15) is 0 Å². The smallest absolute Gasteiger partial charge is 0.211 e. The van der Waals surface area contributed by atoms with Crippen LogP contribution in [0, 0.1) is 5.92 Å². The SMILES string of the molecule is CC1CCCCC1NS(=O)(=O)CCC1CCCCN1. The van der Waals surface area contributed by atoms with Gasteiger partial charge >= 0.3 is 0 Å². The lowest BCUT2D eigenvalue weighted by Crippen LogP contribution is -2.43. The highest BCUT2D eigenvalue weighted by atomic mass is 32.2. The topological polar surface area (TPSA) is 58.2 Å². The van der Waals surface area contributed by atoms with Crippen molar-refractivity contribution in [3.8, 4) is 0 Å². The van der Waals surface area contributed by atoms with E-state index in [1.165, 1.54) is 19.3 Å². The summed E-state index contributed by atoms with van der Waals surface area (Å²) in [6, 6.07) is 0.562. The van der Waals surface area contributed by atoms with E-state index in [1.54, 1.807) is 0 Å². The molecule has 1 saturated heterocycles. The Bertz CT molecular complexity index is 364. The molecule has 0 bridgehead atoms. The van der Waals surface area contributed by atoms with Crippen LogP contribution in [0.1, 0.15) is 58.3 Å². The molecule has 0 aromatic carbocycles. The lowest BCUT2D eigenvalue weighted by atomic mass is 9.87. The molecule has 0 spiro atoms. The zero-order valence-electron chi connectivity index (χ0n) is 12.0. The van der Waals surface area contributed by atoms with Crippen molar-refractivity contribution in [2.24, 2.45) is 5.92 Å². The summed E-state index contributed by atoms with van der Waals surface area (Å²) in [6.07, 6.45) is 8.87. The van der Waals surface area contributed by atoms with Gasteiger partial charge in [-0.15, -0.1) is 0 Å². The molecule has 1 saturated carbocycles. The molecule has 2 N–H and O–H groups in total. The summed E-state index contributed by atoms with van der Waals surface area (Å²) in [4.78, 5) is 0. The van der Waals surface area contributed by atoms with E-state index in [0.717, 1.165) is 38.6 Å². The van der Waals surface area contributed by atoms with Crippen molar-refractivity contribution < 1.29 is 8.42 Å². The van der Waals surface area contributed by atoms with E-state index in [-0.39, 0.29) is 11.8 Å². The lowest BCUT2D eigenvalue weighted by Gasteiger charge is -2.29. The third-order valence-corrected chi connectivity index (χ3v) is 6.02. The van der Waals surface area contributed by atoms with Crippen LogP contribution < -0.4 is 10.0 Å². The van der Waals surface area contributed by atoms with Gasteiger partial charge in [-0.05, 0) is 44.6 Å². The Kier molecular flexibility index (Phi) is 5.66. The number of hydrogen-bond acceptors (Lipinski definition) is 3. The quantitative estimate of drug-likeness (QED) is 0.813. The Morgan fingerprint density at radius 1 is 1.11 bits per heavy atom. The molecule has 0 radical (unpaired) electrons. The van der Waals surface area contributed by atoms with E-state index in [1.807, 2.05) is 0 Å². The van der Waals surface area contributed by atoms with E-state index < -0.39 is 10.0 Å². The van der Waals surface area contributed by atoms with E-state index in [2.05, 4.69) is 17.0 Å². The fourth-order valence-corrected chi connectivity index (χ4v) is 4.77. The fraction of sp³-hybridized carbons (Fsp3) is 1.00. The Balaban J connectivity index is 1.77. The summed E-state index contributed by atoms with van der Waals surface area (Å²) in [5.74, 6) is 0.754. The van der Waals surface area contributed by atoms with Crippen molar-refractivity contribution in [1.82, 2.24) is 10.0 Å². The minimum Gasteiger partial charge on any atom is -0.314 e. The molecule has 112 valence electrons. The molecule has 3 atom stereocenters. The second kappa shape index (κ2) is 7.04. The Labute approximate surface area is 117 Å². The van der Waals surface area contributed by atoms with E-state index in [0.29, 0.717) is 12.0 Å². The molecule has 3 unspecified atom stereocenters. The fourth-order valence-electron chi connectivity index (χ4n) is 3.25. The highest BCUT2D eigenvalue weighted by Gasteiger charge is 2.26. The second-order valence-electron chi connectivity index (χ2n) is 6.24. The number of hydrogen-bond donors (Lipinski definition) is 2. The van der Waals surface area contributed by atoms with Crippen LogP contribution in [0.25, 0.3) is 0 Å². The van der Waals surface area contributed by atoms with Gasteiger partial charge in [0.2, 0.25) is 10.0 Å². The molecular formula is C14H28N2O2S. The van der Waals surface area contributed by atoms with Crippen LogP contribution in [-0.4, -0.2) is 32.8 Å². The minimum absolute atomic E-state index is 0.165. The summed E-state index contributed by atoms with van der Waals surface area (Å²) >= 11 is 0. The summed E-state index contributed by atoms with van der Waals surface area (Å²) in [6.45, 7) is 3.20. The summed E-state index contributed by atoms with van der Waals surface area (Å²) in [7, 11) is -3.10. The maximum atomic E-state index is 12.1. The molecule has 5 heteroatoms. The molecule has 0 aromatic rings. The van der Waals surface area contributed by atoms with Crippen molar-refractivity contribution in [3.63, 3.8) is 0 Å². The Morgan fingerprint density at radius 3 is 2.53 bits per heavy atom. The highest BCUT2D eigenvalue weighted by molar-refractivity contribution is 7.89. The van der Waals surface area contributed by atoms with Gasteiger partial charge in [0.25, 0.3) is 0 Å². The van der Waals surface area contributed by atoms with E-state index >= 15 is 0 Å². The first kappa shape index (κ1) is 15.3. The lowest BCUT2D eigenvalue weighted by molar-refractivity contribution is 0.310. The number of nitrogens with one attached hydrogen (secondary N) is 2. The van der Waals surface area contributed by atoms with Crippen LogP contribution in [-0.2, 0) is 10.0 Å². The van der Waals surface area contributed by atoms with Crippen molar-refractivity contribution in [3.05, 3.63) is 0 Å². The van der Waals surface area contributed by atoms with Gasteiger partial charge in [-0.25, -0.2) is 13.1 Å². The molecule has 0 amide bonds. The Morgan fingerprint density at radius 2 is 1.84 bits per heavy atom. The number of piperidine rings is 1. The van der Waals surface area contributed by atoms with E-state index in [4.69, 9.17) is 0 Å². The third-order valence-electron chi connectivity index (χ3n) is 4.59. The molecule has 1 aliphatic carbocycles. The van der Waals surface area contributed by atoms with Gasteiger partial charge in [-0.3, -0.25) is 0 Å². The van der Waals surface area contributed by atoms with Crippen LogP contribution >= 0.6 is 0 Å². The number of rotatable bonds is 5. The molecule has 2 aliphatic rings. The predicted molar refractivity (Wildman–Crippen MR) is 78.6 cm³/mol. The normalized spacial score (nSPS) is 33.2. The van der Waals surface area contributed by atoms with Crippen LogP contribution in [0.4, 0.5) is 0 Å². The average molecular weight is 288 g/mol. The van der Waals surface area contributed by atoms with Gasteiger partial charge in [0.05, 0.1) is 5.75 Å². The van der Waals surface area contributed by atoms with Crippen LogP contribution in [0.2, 0.25) is 0 Å². The molecule has 0 aromatic heterocycles. The summed E-state index contributed by atoms with van der Waals surface area (Å²) < 4.78 is 27.2. The third kappa shape index (κ3) is 5.04. The van der Waals surface area contributed by atoms with Crippen LogP contribution in [0.15, 0.2) is 0 Å². The Hall–Kier alpha value is -0.130. The number of sulfonamides is 1. The standard InChI is InChI=1S/C14H28N2O2S/c1-12-6-2-3-8-14(12)16-19(17,18)11-9-13-7-4-5-10-15-13/h12-16H,2-11H2,1H3. The predicted octanol–water partition coefficient (Wildman–Crippen LogP) is 2.02. The van der Waals surface area contributed by atoms with E-state index in [9.17, 15) is 8.42 Å². The molecule has 19 heavy (non-hydrogen) atoms. The van der Waals surface area contributed by atoms with Gasteiger partial charge in [-0.1, -0.05) is 26.2 Å². The first-order valence-corrected chi connectivity index (χ1v) is 9.45. The largest absolute Gasteiger partial charge is 0.314 e. The molecule has 1 aliphatic heterocycles. The van der Waals surface area contributed by atoms with Gasteiger partial charge in [0.15, 0.2) is 0 Å². The van der Waals surface area contributed by atoms with Crippen molar-refractivity contribution >= 4 is 10.0 Å². The van der Waals surface area contributed by atoms with Gasteiger partial charge in [0, 0.05) is 12.1 Å². The molecule has 4 nitrogen and oxygen atoms in total. The highest BCUT2D eigenvalue weighted by Crippen LogP contribution is 2.24. The monoisotopic (exact) mass is 288 g/mol. The first-order chi connectivity index (χ1) is 9.07. The van der Waals surface area contributed by atoms with Gasteiger partial charge < -0.3 is 5.32 Å². The maximum absolute atomic E-state index is 12.1.